The average Bonchev–Trinajstić information content (AvgIpc) is 3.04. The van der Waals surface area contributed by atoms with Gasteiger partial charge in [0.15, 0.2) is 0 Å². The van der Waals surface area contributed by atoms with Crippen molar-refractivity contribution in [3.8, 4) is 5.75 Å². The second kappa shape index (κ2) is 8.03. The number of ether oxygens (including phenoxy) is 1. The average molecular weight is 397 g/mol. The molecule has 0 spiro atoms. The van der Waals surface area contributed by atoms with E-state index in [-0.39, 0.29) is 0 Å². The lowest BCUT2D eigenvalue weighted by atomic mass is 10.1. The zero-order valence-electron chi connectivity index (χ0n) is 14.6. The predicted octanol–water partition coefficient (Wildman–Crippen LogP) is 6.16. The number of fused-ring (bicyclic) bond motifs is 1. The Morgan fingerprint density at radius 3 is 2.48 bits per heavy atom. The third-order valence-corrected chi connectivity index (χ3v) is 4.98. The first-order valence-electron chi connectivity index (χ1n) is 8.76. The Balaban J connectivity index is 1.59. The summed E-state index contributed by atoms with van der Waals surface area (Å²) in [5, 5.41) is 1.08. The van der Waals surface area contributed by atoms with E-state index in [2.05, 4.69) is 34.9 Å². The van der Waals surface area contributed by atoms with Crippen molar-refractivity contribution in [2.24, 2.45) is 0 Å². The van der Waals surface area contributed by atoms with Crippen LogP contribution in [0.5, 0.6) is 5.75 Å². The van der Waals surface area contributed by atoms with Crippen LogP contribution in [0.25, 0.3) is 11.0 Å². The fourth-order valence-corrected chi connectivity index (χ4v) is 3.57. The summed E-state index contributed by atoms with van der Waals surface area (Å²) in [4.78, 5) is 4.76. The summed E-state index contributed by atoms with van der Waals surface area (Å²) in [6.07, 6.45) is 0.926. The van der Waals surface area contributed by atoms with Crippen molar-refractivity contribution in [2.45, 2.75) is 19.6 Å². The maximum Gasteiger partial charge on any atom is 0.148 e. The molecule has 27 heavy (non-hydrogen) atoms. The summed E-state index contributed by atoms with van der Waals surface area (Å²) in [6, 6.07) is 23.8. The molecule has 0 N–H and O–H groups in total. The first-order valence-corrected chi connectivity index (χ1v) is 9.52. The molecule has 1 heterocycles. The number of rotatable bonds is 6. The molecular weight excluding hydrogens is 379 g/mol. The molecule has 0 aliphatic carbocycles. The summed E-state index contributed by atoms with van der Waals surface area (Å²) in [6.45, 7) is 1.17. The molecule has 0 fully saturated rings. The van der Waals surface area contributed by atoms with Gasteiger partial charge >= 0.3 is 0 Å². The fourth-order valence-electron chi connectivity index (χ4n) is 3.11. The lowest BCUT2D eigenvalue weighted by Gasteiger charge is -2.11. The molecule has 0 radical (unpaired) electrons. The molecule has 1 aromatic heterocycles. The van der Waals surface area contributed by atoms with Crippen LogP contribution in [0, 0.1) is 0 Å². The van der Waals surface area contributed by atoms with Crippen molar-refractivity contribution < 1.29 is 4.74 Å². The Morgan fingerprint density at radius 1 is 0.889 bits per heavy atom. The van der Waals surface area contributed by atoms with Gasteiger partial charge in [0.05, 0.1) is 16.1 Å². The molecule has 0 aliphatic rings. The smallest absolute Gasteiger partial charge is 0.148 e. The number of benzene rings is 3. The van der Waals surface area contributed by atoms with Crippen molar-refractivity contribution in [1.29, 1.82) is 0 Å². The van der Waals surface area contributed by atoms with Crippen LogP contribution in [0.3, 0.4) is 0 Å². The van der Waals surface area contributed by atoms with Gasteiger partial charge in [-0.25, -0.2) is 4.98 Å². The van der Waals surface area contributed by atoms with Gasteiger partial charge in [-0.2, -0.15) is 0 Å². The highest BCUT2D eigenvalue weighted by Crippen LogP contribution is 2.28. The number of aryl methyl sites for hydroxylation is 2. The van der Waals surface area contributed by atoms with Crippen LogP contribution in [-0.4, -0.2) is 9.55 Å². The zero-order valence-corrected chi connectivity index (χ0v) is 16.1. The minimum Gasteiger partial charge on any atom is -0.484 e. The van der Waals surface area contributed by atoms with Crippen LogP contribution < -0.4 is 4.74 Å². The van der Waals surface area contributed by atoms with Crippen molar-refractivity contribution in [3.63, 3.8) is 0 Å². The topological polar surface area (TPSA) is 27.1 Å². The van der Waals surface area contributed by atoms with Crippen LogP contribution >= 0.6 is 23.2 Å². The van der Waals surface area contributed by atoms with E-state index in [4.69, 9.17) is 32.9 Å². The third kappa shape index (κ3) is 4.10. The molecule has 3 nitrogen and oxygen atoms in total. The van der Waals surface area contributed by atoms with Crippen LogP contribution in [0.4, 0.5) is 0 Å². The maximum absolute atomic E-state index is 6.22. The van der Waals surface area contributed by atoms with Gasteiger partial charge in [-0.15, -0.1) is 0 Å². The number of hydrogen-bond donors (Lipinski definition) is 0. The Morgan fingerprint density at radius 2 is 1.67 bits per heavy atom. The van der Waals surface area contributed by atoms with Gasteiger partial charge < -0.3 is 9.30 Å². The van der Waals surface area contributed by atoms with Gasteiger partial charge in [0, 0.05) is 11.6 Å². The molecule has 0 saturated carbocycles. The van der Waals surface area contributed by atoms with Gasteiger partial charge in [0.2, 0.25) is 0 Å². The van der Waals surface area contributed by atoms with E-state index in [0.717, 1.165) is 29.8 Å². The summed E-state index contributed by atoms with van der Waals surface area (Å²) >= 11 is 12.2. The number of nitrogens with zero attached hydrogens (tertiary/aromatic N) is 2. The highest BCUT2D eigenvalue weighted by atomic mass is 35.5. The quantitative estimate of drug-likeness (QED) is 0.389. The fraction of sp³-hybridized carbons (Fsp3) is 0.136. The lowest BCUT2D eigenvalue weighted by molar-refractivity contribution is 0.290. The minimum absolute atomic E-state index is 0.338. The molecule has 0 aliphatic heterocycles. The lowest BCUT2D eigenvalue weighted by Crippen LogP contribution is -2.09. The second-order valence-corrected chi connectivity index (χ2v) is 7.11. The van der Waals surface area contributed by atoms with Crippen molar-refractivity contribution in [1.82, 2.24) is 9.55 Å². The maximum atomic E-state index is 6.22. The van der Waals surface area contributed by atoms with E-state index in [1.54, 1.807) is 18.2 Å². The number of para-hydroxylation sites is 2. The SMILES string of the molecule is Clc1ccc(OCc2nc3ccccc3n2CCc2ccccc2)c(Cl)c1. The standard InChI is InChI=1S/C22H18Cl2N2O/c23-17-10-11-21(18(24)14-17)27-15-22-25-19-8-4-5-9-20(19)26(22)13-12-16-6-2-1-3-7-16/h1-11,14H,12-13,15H2. The van der Waals surface area contributed by atoms with Crippen LogP contribution in [0.2, 0.25) is 10.0 Å². The van der Waals surface area contributed by atoms with Gasteiger partial charge in [-0.05, 0) is 42.3 Å². The molecule has 5 heteroatoms. The Kier molecular flexibility index (Phi) is 5.33. The molecule has 0 amide bonds. The Bertz CT molecular complexity index is 1060. The summed E-state index contributed by atoms with van der Waals surface area (Å²) in [5.74, 6) is 1.47. The molecule has 136 valence electrons. The second-order valence-electron chi connectivity index (χ2n) is 6.27. The zero-order chi connectivity index (χ0) is 18.6. The summed E-state index contributed by atoms with van der Waals surface area (Å²) < 4.78 is 8.14. The van der Waals surface area contributed by atoms with Crippen LogP contribution in [0.1, 0.15) is 11.4 Å². The molecular formula is C22H18Cl2N2O. The molecule has 0 unspecified atom stereocenters. The van der Waals surface area contributed by atoms with Gasteiger partial charge in [-0.3, -0.25) is 0 Å². The largest absolute Gasteiger partial charge is 0.484 e. The molecule has 0 saturated heterocycles. The normalized spacial score (nSPS) is 11.0. The monoisotopic (exact) mass is 396 g/mol. The molecule has 3 aromatic carbocycles. The predicted molar refractivity (Wildman–Crippen MR) is 111 cm³/mol. The van der Waals surface area contributed by atoms with E-state index >= 15 is 0 Å². The summed E-state index contributed by atoms with van der Waals surface area (Å²) in [7, 11) is 0. The van der Waals surface area contributed by atoms with E-state index in [9.17, 15) is 0 Å². The Labute approximate surface area is 168 Å². The highest BCUT2D eigenvalue weighted by Gasteiger charge is 2.12. The molecule has 0 atom stereocenters. The third-order valence-electron chi connectivity index (χ3n) is 4.45. The number of hydrogen-bond acceptors (Lipinski definition) is 2. The Hall–Kier alpha value is -2.49. The van der Waals surface area contributed by atoms with E-state index in [1.165, 1.54) is 5.56 Å². The van der Waals surface area contributed by atoms with Crippen LogP contribution in [-0.2, 0) is 19.6 Å². The van der Waals surface area contributed by atoms with Crippen molar-refractivity contribution >= 4 is 34.2 Å². The van der Waals surface area contributed by atoms with Gasteiger partial charge in [-0.1, -0.05) is 65.7 Å². The molecule has 4 aromatic rings. The number of aromatic nitrogens is 2. The molecule has 4 rings (SSSR count). The van der Waals surface area contributed by atoms with E-state index < -0.39 is 0 Å². The number of halogens is 2. The molecule has 0 bridgehead atoms. The van der Waals surface area contributed by atoms with E-state index in [1.807, 2.05) is 24.3 Å². The van der Waals surface area contributed by atoms with Gasteiger partial charge in [0.25, 0.3) is 0 Å². The highest BCUT2D eigenvalue weighted by molar-refractivity contribution is 6.35. The first-order chi connectivity index (χ1) is 13.2. The van der Waals surface area contributed by atoms with E-state index in [0.29, 0.717) is 22.4 Å². The first kappa shape index (κ1) is 17.9. The minimum atomic E-state index is 0.338. The van der Waals surface area contributed by atoms with Crippen molar-refractivity contribution in [3.05, 3.63) is 94.2 Å². The van der Waals surface area contributed by atoms with Crippen LogP contribution in [0.15, 0.2) is 72.8 Å². The number of imidazole rings is 1. The van der Waals surface area contributed by atoms with Gasteiger partial charge in [0.1, 0.15) is 18.2 Å². The van der Waals surface area contributed by atoms with Crippen molar-refractivity contribution in [2.75, 3.05) is 0 Å². The summed E-state index contributed by atoms with van der Waals surface area (Å²) in [5.41, 5.74) is 3.36.